The predicted molar refractivity (Wildman–Crippen MR) is 51.7 cm³/mol. The number of aromatic nitrogens is 2. The van der Waals surface area contributed by atoms with Crippen molar-refractivity contribution in [2.45, 2.75) is 0 Å². The Morgan fingerprint density at radius 1 is 1.31 bits per heavy atom. The summed E-state index contributed by atoms with van der Waals surface area (Å²) in [5, 5.41) is 12.9. The molecule has 4 nitrogen and oxygen atoms in total. The van der Waals surface area contributed by atoms with Gasteiger partial charge in [-0.3, -0.25) is 5.43 Å². The Kier molecular flexibility index (Phi) is 1.88. The second kappa shape index (κ2) is 3.18. The molecule has 1 radical (unpaired) electrons. The summed E-state index contributed by atoms with van der Waals surface area (Å²) in [5.41, 5.74) is 2.58. The highest BCUT2D eigenvalue weighted by Gasteiger charge is 1.99. The van der Waals surface area contributed by atoms with Crippen LogP contribution in [0.15, 0.2) is 35.6 Å². The molecule has 2 aromatic rings. The van der Waals surface area contributed by atoms with Gasteiger partial charge in [-0.2, -0.15) is 10.2 Å². The molecule has 0 aliphatic rings. The number of hydrazone groups is 1. The Balaban J connectivity index is 2.68. The summed E-state index contributed by atoms with van der Waals surface area (Å²) in [6, 6.07) is 7.74. The van der Waals surface area contributed by atoms with Crippen molar-refractivity contribution in [3.05, 3.63) is 30.5 Å². The van der Waals surface area contributed by atoms with Crippen molar-refractivity contribution in [2.75, 3.05) is 5.43 Å². The van der Waals surface area contributed by atoms with Crippen LogP contribution in [0.1, 0.15) is 0 Å². The number of fused-ring (bicyclic) bond motifs is 1. The smallest absolute Gasteiger partial charge is 0.176 e. The van der Waals surface area contributed by atoms with Crippen molar-refractivity contribution in [2.24, 2.45) is 5.10 Å². The Morgan fingerprint density at radius 3 is 3.00 bits per heavy atom. The average molecular weight is 171 g/mol. The third-order valence-corrected chi connectivity index (χ3v) is 1.74. The minimum atomic E-state index is 0.570. The molecule has 13 heavy (non-hydrogen) atoms. The fourth-order valence-corrected chi connectivity index (χ4v) is 1.17. The highest BCUT2D eigenvalue weighted by Crippen LogP contribution is 2.18. The fraction of sp³-hybridized carbons (Fsp3) is 0. The zero-order valence-electron chi connectivity index (χ0n) is 6.81. The van der Waals surface area contributed by atoms with Crippen molar-refractivity contribution in [3.8, 4) is 0 Å². The largest absolute Gasteiger partial charge is 0.259 e. The molecule has 0 saturated carbocycles. The molecule has 1 N–H and O–H groups in total. The first-order chi connectivity index (χ1) is 6.42. The molecule has 1 aromatic heterocycles. The first-order valence-electron chi connectivity index (χ1n) is 3.78. The van der Waals surface area contributed by atoms with Gasteiger partial charge in [-0.05, 0) is 0 Å². The van der Waals surface area contributed by atoms with E-state index in [0.717, 1.165) is 10.8 Å². The van der Waals surface area contributed by atoms with Gasteiger partial charge >= 0.3 is 0 Å². The van der Waals surface area contributed by atoms with E-state index in [1.807, 2.05) is 24.3 Å². The number of anilines is 1. The Labute approximate surface area is 75.3 Å². The van der Waals surface area contributed by atoms with Gasteiger partial charge < -0.3 is 0 Å². The molecule has 0 saturated heterocycles. The van der Waals surface area contributed by atoms with Gasteiger partial charge in [0.2, 0.25) is 0 Å². The van der Waals surface area contributed by atoms with Crippen molar-refractivity contribution in [1.82, 2.24) is 10.2 Å². The predicted octanol–water partition coefficient (Wildman–Crippen LogP) is 1.53. The molecule has 0 unspecified atom stereocenters. The summed E-state index contributed by atoms with van der Waals surface area (Å²) < 4.78 is 0. The summed E-state index contributed by atoms with van der Waals surface area (Å²) in [6.45, 7) is 5.00. The Hall–Kier alpha value is -1.97. The summed E-state index contributed by atoms with van der Waals surface area (Å²) in [7, 11) is 0. The molecule has 0 amide bonds. The molecular formula is C9H7N4. The molecule has 63 valence electrons. The molecule has 1 heterocycles. The lowest BCUT2D eigenvalue weighted by Crippen LogP contribution is -1.93. The first-order valence-corrected chi connectivity index (χ1v) is 3.78. The van der Waals surface area contributed by atoms with E-state index in [2.05, 4.69) is 20.7 Å². The van der Waals surface area contributed by atoms with E-state index < -0.39 is 0 Å². The van der Waals surface area contributed by atoms with Gasteiger partial charge in [0.05, 0.1) is 12.9 Å². The van der Waals surface area contributed by atoms with Crippen LogP contribution < -0.4 is 5.43 Å². The van der Waals surface area contributed by atoms with Crippen molar-refractivity contribution < 1.29 is 0 Å². The zero-order valence-corrected chi connectivity index (χ0v) is 6.81. The van der Waals surface area contributed by atoms with Gasteiger partial charge in [0.1, 0.15) is 0 Å². The maximum absolute atomic E-state index is 5.00. The van der Waals surface area contributed by atoms with Gasteiger partial charge in [-0.1, -0.05) is 24.3 Å². The fourth-order valence-electron chi connectivity index (χ4n) is 1.17. The number of hydrogen-bond donors (Lipinski definition) is 1. The van der Waals surface area contributed by atoms with Crippen LogP contribution in [-0.2, 0) is 0 Å². The van der Waals surface area contributed by atoms with Crippen LogP contribution in [0.3, 0.4) is 0 Å². The molecule has 0 fully saturated rings. The van der Waals surface area contributed by atoms with Gasteiger partial charge in [0.25, 0.3) is 0 Å². The second-order valence-corrected chi connectivity index (χ2v) is 2.52. The molecule has 0 aliphatic carbocycles. The van der Waals surface area contributed by atoms with Crippen LogP contribution in [0.4, 0.5) is 5.82 Å². The third kappa shape index (κ3) is 1.33. The molecule has 0 spiro atoms. The normalized spacial score (nSPS) is 9.85. The quantitative estimate of drug-likeness (QED) is 0.550. The Bertz CT molecular complexity index is 433. The molecule has 0 aliphatic heterocycles. The minimum absolute atomic E-state index is 0.570. The lowest BCUT2D eigenvalue weighted by Gasteiger charge is -2.01. The third-order valence-electron chi connectivity index (χ3n) is 1.74. The van der Waals surface area contributed by atoms with Gasteiger partial charge in [-0.15, -0.1) is 5.10 Å². The van der Waals surface area contributed by atoms with Crippen LogP contribution in [-0.4, -0.2) is 16.9 Å². The van der Waals surface area contributed by atoms with E-state index in [0.29, 0.717) is 5.82 Å². The lowest BCUT2D eigenvalue weighted by molar-refractivity contribution is 1.04. The number of hydrogen-bond acceptors (Lipinski definition) is 4. The van der Waals surface area contributed by atoms with E-state index in [1.165, 1.54) is 0 Å². The first kappa shape index (κ1) is 7.67. The summed E-state index contributed by atoms with van der Waals surface area (Å²) in [6.07, 6.45) is 1.69. The van der Waals surface area contributed by atoms with E-state index in [4.69, 9.17) is 6.72 Å². The maximum atomic E-state index is 5.00. The molecule has 4 heteroatoms. The van der Waals surface area contributed by atoms with E-state index in [-0.39, 0.29) is 0 Å². The second-order valence-electron chi connectivity index (χ2n) is 2.52. The van der Waals surface area contributed by atoms with Crippen molar-refractivity contribution >= 4 is 23.3 Å². The number of rotatable bonds is 2. The topological polar surface area (TPSA) is 50.2 Å². The minimum Gasteiger partial charge on any atom is -0.259 e. The summed E-state index contributed by atoms with van der Waals surface area (Å²) in [4.78, 5) is 0. The van der Waals surface area contributed by atoms with Crippen LogP contribution in [0, 0.1) is 0 Å². The van der Waals surface area contributed by atoms with E-state index in [9.17, 15) is 0 Å². The van der Waals surface area contributed by atoms with Crippen LogP contribution in [0.2, 0.25) is 0 Å². The van der Waals surface area contributed by atoms with Gasteiger partial charge in [0.15, 0.2) is 5.82 Å². The number of benzene rings is 1. The summed E-state index contributed by atoms with van der Waals surface area (Å²) >= 11 is 0. The molecule has 0 atom stereocenters. The number of nitrogens with one attached hydrogen (secondary N) is 1. The monoisotopic (exact) mass is 171 g/mol. The van der Waals surface area contributed by atoms with Crippen molar-refractivity contribution in [1.29, 1.82) is 0 Å². The van der Waals surface area contributed by atoms with Crippen LogP contribution in [0.25, 0.3) is 10.8 Å². The molecular weight excluding hydrogens is 164 g/mol. The highest BCUT2D eigenvalue weighted by molar-refractivity contribution is 5.90. The van der Waals surface area contributed by atoms with Crippen molar-refractivity contribution in [3.63, 3.8) is 0 Å². The van der Waals surface area contributed by atoms with Crippen LogP contribution in [0.5, 0.6) is 0 Å². The van der Waals surface area contributed by atoms with Crippen LogP contribution >= 0.6 is 0 Å². The highest BCUT2D eigenvalue weighted by atomic mass is 15.3. The van der Waals surface area contributed by atoms with E-state index >= 15 is 0 Å². The standard InChI is InChI=1S/C9H7N4/c1-10-12-9-8-5-3-2-4-7(8)6-11-13-9/h1-6H,(H,12,13). The zero-order chi connectivity index (χ0) is 9.10. The maximum Gasteiger partial charge on any atom is 0.176 e. The lowest BCUT2D eigenvalue weighted by atomic mass is 10.2. The molecule has 0 bridgehead atoms. The Morgan fingerprint density at radius 2 is 2.15 bits per heavy atom. The van der Waals surface area contributed by atoms with E-state index in [1.54, 1.807) is 6.20 Å². The average Bonchev–Trinajstić information content (AvgIpc) is 2.19. The molecule has 2 rings (SSSR count). The SMILES string of the molecule is [CH]=NNc1nncc2ccccc12. The summed E-state index contributed by atoms with van der Waals surface area (Å²) in [5.74, 6) is 0.570. The number of nitrogens with zero attached hydrogens (tertiary/aromatic N) is 3. The van der Waals surface area contributed by atoms with Gasteiger partial charge in [-0.25, -0.2) is 0 Å². The van der Waals surface area contributed by atoms with Gasteiger partial charge in [0, 0.05) is 10.8 Å². The molecule has 1 aromatic carbocycles.